The minimum Gasteiger partial charge on any atom is -0.126 e. The van der Waals surface area contributed by atoms with E-state index in [4.69, 9.17) is 11.6 Å². The predicted molar refractivity (Wildman–Crippen MR) is 44.2 cm³/mol. The monoisotopic (exact) mass is 156 g/mol. The summed E-state index contributed by atoms with van der Waals surface area (Å²) in [5.41, 5.74) is 0.432. The predicted octanol–water partition coefficient (Wildman–Crippen LogP) is 2.83. The molecule has 2 aliphatic rings. The molecular weight excluding hydrogens is 144 g/mol. The van der Waals surface area contributed by atoms with Gasteiger partial charge >= 0.3 is 0 Å². The molecule has 0 spiro atoms. The second-order valence-electron chi connectivity index (χ2n) is 3.98. The van der Waals surface area contributed by atoms with Crippen LogP contribution in [0.1, 0.15) is 19.8 Å². The van der Waals surface area contributed by atoms with Gasteiger partial charge in [-0.05, 0) is 30.1 Å². The van der Waals surface area contributed by atoms with Gasteiger partial charge in [-0.3, -0.25) is 0 Å². The fourth-order valence-electron chi connectivity index (χ4n) is 2.35. The van der Waals surface area contributed by atoms with E-state index in [-0.39, 0.29) is 0 Å². The quantitative estimate of drug-likeness (QED) is 0.405. The first-order valence-electron chi connectivity index (χ1n) is 3.99. The Hall–Kier alpha value is 0.0300. The smallest absolute Gasteiger partial charge is 0.0283 e. The lowest BCUT2D eigenvalue weighted by Gasteiger charge is -2.28. The minimum atomic E-state index is 0.432. The summed E-state index contributed by atoms with van der Waals surface area (Å²) in [6, 6.07) is 0. The zero-order valence-corrected chi connectivity index (χ0v) is 7.06. The summed E-state index contributed by atoms with van der Waals surface area (Å²) in [4.78, 5) is 0. The highest BCUT2D eigenvalue weighted by Crippen LogP contribution is 2.52. The number of halogens is 1. The van der Waals surface area contributed by atoms with Gasteiger partial charge in [-0.2, -0.15) is 0 Å². The van der Waals surface area contributed by atoms with Crippen molar-refractivity contribution in [2.24, 2.45) is 17.3 Å². The van der Waals surface area contributed by atoms with Crippen molar-refractivity contribution in [1.29, 1.82) is 0 Å². The Morgan fingerprint density at radius 1 is 1.60 bits per heavy atom. The molecule has 0 saturated heterocycles. The maximum Gasteiger partial charge on any atom is 0.0283 e. The van der Waals surface area contributed by atoms with Gasteiger partial charge < -0.3 is 0 Å². The molecule has 0 radical (unpaired) electrons. The molecule has 0 nitrogen and oxygen atoms in total. The van der Waals surface area contributed by atoms with Crippen LogP contribution >= 0.6 is 11.6 Å². The number of alkyl halides is 1. The summed E-state index contributed by atoms with van der Waals surface area (Å²) in [6.07, 6.45) is 7.40. The maximum absolute atomic E-state index is 5.91. The van der Waals surface area contributed by atoms with Crippen LogP contribution in [0.15, 0.2) is 12.2 Å². The van der Waals surface area contributed by atoms with Gasteiger partial charge in [0.2, 0.25) is 0 Å². The van der Waals surface area contributed by atoms with Gasteiger partial charge in [0.25, 0.3) is 0 Å². The van der Waals surface area contributed by atoms with Crippen LogP contribution in [-0.2, 0) is 0 Å². The molecule has 0 N–H and O–H groups in total. The summed E-state index contributed by atoms with van der Waals surface area (Å²) in [5.74, 6) is 2.47. The molecule has 0 aromatic carbocycles. The molecule has 3 atom stereocenters. The van der Waals surface area contributed by atoms with Crippen molar-refractivity contribution in [3.05, 3.63) is 12.2 Å². The molecule has 0 aromatic heterocycles. The first-order chi connectivity index (χ1) is 4.74. The standard InChI is InChI=1S/C9H13Cl/c1-9(6-10)5-7-2-3-8(9)4-7/h2-3,7-8H,4-6H2,1H3/t7-,8+,9-/m1/s1. The van der Waals surface area contributed by atoms with Gasteiger partial charge in [0, 0.05) is 5.88 Å². The average molecular weight is 157 g/mol. The third-order valence-corrected chi connectivity index (χ3v) is 3.71. The number of hydrogen-bond donors (Lipinski definition) is 0. The Bertz CT molecular complexity index is 174. The molecule has 2 aliphatic carbocycles. The normalized spacial score (nSPS) is 50.6. The first kappa shape index (κ1) is 6.72. The zero-order valence-electron chi connectivity index (χ0n) is 6.31. The average Bonchev–Trinajstić information content (AvgIpc) is 2.46. The highest BCUT2D eigenvalue weighted by atomic mass is 35.5. The Labute approximate surface area is 67.3 Å². The van der Waals surface area contributed by atoms with E-state index in [9.17, 15) is 0 Å². The fourth-order valence-corrected chi connectivity index (χ4v) is 2.65. The van der Waals surface area contributed by atoms with Gasteiger partial charge in [-0.25, -0.2) is 0 Å². The Morgan fingerprint density at radius 2 is 2.40 bits per heavy atom. The minimum absolute atomic E-state index is 0.432. The highest BCUT2D eigenvalue weighted by molar-refractivity contribution is 6.18. The van der Waals surface area contributed by atoms with Crippen molar-refractivity contribution in [1.82, 2.24) is 0 Å². The van der Waals surface area contributed by atoms with Crippen molar-refractivity contribution in [3.63, 3.8) is 0 Å². The second-order valence-corrected chi connectivity index (χ2v) is 4.25. The highest BCUT2D eigenvalue weighted by Gasteiger charge is 2.43. The molecule has 0 amide bonds. The third kappa shape index (κ3) is 0.748. The molecule has 0 heterocycles. The SMILES string of the molecule is C[C@]1(CCl)C[C@@H]2C=C[C@H]1C2. The van der Waals surface area contributed by atoms with Crippen molar-refractivity contribution >= 4 is 11.6 Å². The maximum atomic E-state index is 5.91. The fraction of sp³-hybridized carbons (Fsp3) is 0.778. The van der Waals surface area contributed by atoms with E-state index in [1.165, 1.54) is 12.8 Å². The molecule has 0 aliphatic heterocycles. The third-order valence-electron chi connectivity index (χ3n) is 3.10. The van der Waals surface area contributed by atoms with Gasteiger partial charge in [-0.15, -0.1) is 11.6 Å². The van der Waals surface area contributed by atoms with E-state index >= 15 is 0 Å². The van der Waals surface area contributed by atoms with Crippen LogP contribution in [0, 0.1) is 17.3 Å². The van der Waals surface area contributed by atoms with E-state index < -0.39 is 0 Å². The molecule has 2 bridgehead atoms. The number of fused-ring (bicyclic) bond motifs is 2. The van der Waals surface area contributed by atoms with Gasteiger partial charge in [-0.1, -0.05) is 19.1 Å². The van der Waals surface area contributed by atoms with Crippen LogP contribution < -0.4 is 0 Å². The lowest BCUT2D eigenvalue weighted by Crippen LogP contribution is -2.23. The van der Waals surface area contributed by atoms with Crippen LogP contribution in [0.2, 0.25) is 0 Å². The van der Waals surface area contributed by atoms with Crippen LogP contribution in [0.3, 0.4) is 0 Å². The lowest BCUT2D eigenvalue weighted by atomic mass is 9.80. The largest absolute Gasteiger partial charge is 0.126 e. The summed E-state index contributed by atoms with van der Waals surface area (Å²) in [7, 11) is 0. The summed E-state index contributed by atoms with van der Waals surface area (Å²) in [6.45, 7) is 2.31. The summed E-state index contributed by atoms with van der Waals surface area (Å²) in [5, 5.41) is 0. The van der Waals surface area contributed by atoms with E-state index in [0.717, 1.165) is 17.7 Å². The lowest BCUT2D eigenvalue weighted by molar-refractivity contribution is 0.305. The number of hydrogen-bond acceptors (Lipinski definition) is 0. The number of rotatable bonds is 1. The van der Waals surface area contributed by atoms with Gasteiger partial charge in [0.15, 0.2) is 0 Å². The Kier molecular flexibility index (Phi) is 1.35. The second kappa shape index (κ2) is 2.01. The molecule has 0 unspecified atom stereocenters. The first-order valence-corrected chi connectivity index (χ1v) is 4.52. The van der Waals surface area contributed by atoms with Crippen LogP contribution in [0.5, 0.6) is 0 Å². The van der Waals surface area contributed by atoms with Crippen LogP contribution in [0.25, 0.3) is 0 Å². The molecule has 1 saturated carbocycles. The Morgan fingerprint density at radius 3 is 2.70 bits per heavy atom. The van der Waals surface area contributed by atoms with E-state index in [2.05, 4.69) is 19.1 Å². The van der Waals surface area contributed by atoms with Crippen LogP contribution in [0.4, 0.5) is 0 Å². The van der Waals surface area contributed by atoms with Crippen LogP contribution in [-0.4, -0.2) is 5.88 Å². The summed E-state index contributed by atoms with van der Waals surface area (Å²) < 4.78 is 0. The van der Waals surface area contributed by atoms with Gasteiger partial charge in [0.1, 0.15) is 0 Å². The molecular formula is C9H13Cl. The zero-order chi connectivity index (χ0) is 7.19. The van der Waals surface area contributed by atoms with Crippen molar-refractivity contribution in [3.8, 4) is 0 Å². The van der Waals surface area contributed by atoms with E-state index in [1.807, 2.05) is 0 Å². The topological polar surface area (TPSA) is 0 Å². The van der Waals surface area contributed by atoms with Crippen molar-refractivity contribution in [2.75, 3.05) is 5.88 Å². The summed E-state index contributed by atoms with van der Waals surface area (Å²) >= 11 is 5.91. The molecule has 10 heavy (non-hydrogen) atoms. The molecule has 56 valence electrons. The van der Waals surface area contributed by atoms with Gasteiger partial charge in [0.05, 0.1) is 0 Å². The van der Waals surface area contributed by atoms with E-state index in [1.54, 1.807) is 0 Å². The van der Waals surface area contributed by atoms with Crippen molar-refractivity contribution in [2.45, 2.75) is 19.8 Å². The van der Waals surface area contributed by atoms with E-state index in [0.29, 0.717) is 5.41 Å². The molecule has 1 heteroatoms. The Balaban J connectivity index is 2.22. The molecule has 0 aromatic rings. The molecule has 2 rings (SSSR count). The number of allylic oxidation sites excluding steroid dienone is 2. The van der Waals surface area contributed by atoms with Crippen molar-refractivity contribution < 1.29 is 0 Å². The molecule has 1 fully saturated rings.